The molecule has 5 heteroatoms. The lowest BCUT2D eigenvalue weighted by atomic mass is 10.2. The maximum Gasteiger partial charge on any atom is 0.251 e. The van der Waals surface area contributed by atoms with Crippen molar-refractivity contribution in [2.45, 2.75) is 12.3 Å². The van der Waals surface area contributed by atoms with Gasteiger partial charge in [-0.25, -0.2) is 0 Å². The van der Waals surface area contributed by atoms with Crippen LogP contribution in [0.15, 0.2) is 22.7 Å². The topological polar surface area (TPSA) is 49.3 Å². The second-order valence-corrected chi connectivity index (χ2v) is 4.76. The third-order valence-electron chi connectivity index (χ3n) is 1.75. The molecule has 0 saturated heterocycles. The Kier molecular flexibility index (Phi) is 4.42. The van der Waals surface area contributed by atoms with Crippen molar-refractivity contribution in [3.63, 3.8) is 0 Å². The highest BCUT2D eigenvalue weighted by atomic mass is 79.9. The van der Waals surface area contributed by atoms with Crippen molar-refractivity contribution in [1.82, 2.24) is 5.32 Å². The number of aromatic hydroxyl groups is 1. The zero-order valence-electron chi connectivity index (χ0n) is 8.13. The Balaban J connectivity index is 2.70. The lowest BCUT2D eigenvalue weighted by Crippen LogP contribution is -2.28. The average molecular weight is 293 g/mol. The van der Waals surface area contributed by atoms with E-state index in [1.165, 1.54) is 6.07 Å². The van der Waals surface area contributed by atoms with E-state index in [-0.39, 0.29) is 17.0 Å². The van der Waals surface area contributed by atoms with E-state index in [9.17, 15) is 9.90 Å². The molecule has 3 nitrogen and oxygen atoms in total. The minimum Gasteiger partial charge on any atom is -0.507 e. The number of amides is 1. The van der Waals surface area contributed by atoms with Gasteiger partial charge in [0.1, 0.15) is 5.75 Å². The first-order chi connectivity index (χ1) is 7.00. The number of hydrogen-bond donors (Lipinski definition) is 2. The van der Waals surface area contributed by atoms with Crippen molar-refractivity contribution in [2.24, 2.45) is 0 Å². The van der Waals surface area contributed by atoms with Crippen molar-refractivity contribution >= 4 is 33.4 Å². The van der Waals surface area contributed by atoms with Crippen LogP contribution in [0.1, 0.15) is 17.3 Å². The predicted octanol–water partition coefficient (Wildman–Crippen LogP) is 2.51. The quantitative estimate of drug-likeness (QED) is 0.841. The second kappa shape index (κ2) is 5.37. The largest absolute Gasteiger partial charge is 0.507 e. The number of carbonyl (C=O) groups is 1. The molecule has 0 aliphatic carbocycles. The molecule has 1 aromatic rings. The van der Waals surface area contributed by atoms with Crippen LogP contribution < -0.4 is 5.32 Å². The standard InChI is InChI=1S/C10H11BrClNO2/c1-6(12)5-13-10(15)7-2-3-8(11)9(14)4-7/h2-4,6,14H,5H2,1H3,(H,13,15). The molecule has 1 amide bonds. The van der Waals surface area contributed by atoms with E-state index < -0.39 is 0 Å². The summed E-state index contributed by atoms with van der Waals surface area (Å²) in [7, 11) is 0. The molecule has 1 rings (SSSR count). The van der Waals surface area contributed by atoms with E-state index in [0.29, 0.717) is 16.6 Å². The van der Waals surface area contributed by atoms with E-state index in [1.54, 1.807) is 19.1 Å². The molecule has 0 aromatic heterocycles. The van der Waals surface area contributed by atoms with Gasteiger partial charge in [-0.2, -0.15) is 0 Å². The van der Waals surface area contributed by atoms with Crippen molar-refractivity contribution in [3.8, 4) is 5.75 Å². The van der Waals surface area contributed by atoms with E-state index in [0.717, 1.165) is 0 Å². The van der Waals surface area contributed by atoms with Gasteiger partial charge >= 0.3 is 0 Å². The van der Waals surface area contributed by atoms with Gasteiger partial charge in [-0.05, 0) is 41.1 Å². The Morgan fingerprint density at radius 1 is 1.67 bits per heavy atom. The number of alkyl halides is 1. The number of rotatable bonds is 3. The molecule has 15 heavy (non-hydrogen) atoms. The highest BCUT2D eigenvalue weighted by Crippen LogP contribution is 2.24. The number of phenols is 1. The fourth-order valence-electron chi connectivity index (χ4n) is 0.989. The Bertz CT molecular complexity index is 368. The molecule has 0 fully saturated rings. The van der Waals surface area contributed by atoms with Crippen LogP contribution in [0.25, 0.3) is 0 Å². The molecule has 82 valence electrons. The van der Waals surface area contributed by atoms with Crippen LogP contribution in [-0.4, -0.2) is 22.9 Å². The fraction of sp³-hybridized carbons (Fsp3) is 0.300. The van der Waals surface area contributed by atoms with Crippen LogP contribution in [-0.2, 0) is 0 Å². The minimum atomic E-state index is -0.245. The SMILES string of the molecule is CC(Cl)CNC(=O)c1ccc(Br)c(O)c1. The summed E-state index contributed by atoms with van der Waals surface area (Å²) in [6.45, 7) is 2.19. The van der Waals surface area contributed by atoms with E-state index in [4.69, 9.17) is 11.6 Å². The van der Waals surface area contributed by atoms with Crippen LogP contribution in [0.3, 0.4) is 0 Å². The highest BCUT2D eigenvalue weighted by molar-refractivity contribution is 9.10. The van der Waals surface area contributed by atoms with Gasteiger partial charge in [0.25, 0.3) is 5.91 Å². The number of benzene rings is 1. The summed E-state index contributed by atoms with van der Waals surface area (Å²) in [6, 6.07) is 4.64. The predicted molar refractivity (Wildman–Crippen MR) is 63.5 cm³/mol. The molecule has 0 saturated carbocycles. The van der Waals surface area contributed by atoms with Crippen molar-refractivity contribution < 1.29 is 9.90 Å². The van der Waals surface area contributed by atoms with Gasteiger partial charge in [0.15, 0.2) is 0 Å². The third-order valence-corrected chi connectivity index (χ3v) is 2.58. The first-order valence-corrected chi connectivity index (χ1v) is 5.64. The highest BCUT2D eigenvalue weighted by Gasteiger charge is 2.08. The van der Waals surface area contributed by atoms with Crippen molar-refractivity contribution in [3.05, 3.63) is 28.2 Å². The lowest BCUT2D eigenvalue weighted by molar-refractivity contribution is 0.0953. The van der Waals surface area contributed by atoms with Crippen molar-refractivity contribution in [1.29, 1.82) is 0 Å². The van der Waals surface area contributed by atoms with Crippen LogP contribution in [0.2, 0.25) is 0 Å². The summed E-state index contributed by atoms with van der Waals surface area (Å²) in [4.78, 5) is 11.5. The number of halogens is 2. The summed E-state index contributed by atoms with van der Waals surface area (Å²) in [6.07, 6.45) is 0. The molecule has 1 atom stereocenters. The number of phenolic OH excluding ortho intramolecular Hbond substituents is 1. The zero-order valence-corrected chi connectivity index (χ0v) is 10.5. The molecule has 0 spiro atoms. The third kappa shape index (κ3) is 3.72. The average Bonchev–Trinajstić information content (AvgIpc) is 2.18. The zero-order chi connectivity index (χ0) is 11.4. The maximum absolute atomic E-state index is 11.5. The van der Waals surface area contributed by atoms with Gasteiger partial charge in [0.2, 0.25) is 0 Å². The summed E-state index contributed by atoms with van der Waals surface area (Å²) < 4.78 is 0.560. The van der Waals surface area contributed by atoms with E-state index in [1.807, 2.05) is 0 Å². The van der Waals surface area contributed by atoms with Crippen LogP contribution >= 0.6 is 27.5 Å². The normalized spacial score (nSPS) is 12.2. The summed E-state index contributed by atoms with van der Waals surface area (Å²) in [5.41, 5.74) is 0.410. The number of carbonyl (C=O) groups excluding carboxylic acids is 1. The second-order valence-electron chi connectivity index (χ2n) is 3.16. The van der Waals surface area contributed by atoms with Crippen LogP contribution in [0.5, 0.6) is 5.75 Å². The molecule has 0 aliphatic heterocycles. The Morgan fingerprint density at radius 3 is 2.87 bits per heavy atom. The maximum atomic E-state index is 11.5. The molecule has 1 unspecified atom stereocenters. The molecule has 0 bridgehead atoms. The number of hydrogen-bond acceptors (Lipinski definition) is 2. The van der Waals surface area contributed by atoms with Gasteiger partial charge in [-0.1, -0.05) is 0 Å². The first kappa shape index (κ1) is 12.3. The molecule has 0 heterocycles. The van der Waals surface area contributed by atoms with Gasteiger partial charge in [0.05, 0.1) is 4.47 Å². The lowest BCUT2D eigenvalue weighted by Gasteiger charge is -2.07. The molecular weight excluding hydrogens is 281 g/mol. The molecular formula is C10H11BrClNO2. The Morgan fingerprint density at radius 2 is 2.33 bits per heavy atom. The monoisotopic (exact) mass is 291 g/mol. The fourth-order valence-corrected chi connectivity index (χ4v) is 1.31. The van der Waals surface area contributed by atoms with E-state index in [2.05, 4.69) is 21.2 Å². The number of nitrogens with one attached hydrogen (secondary N) is 1. The smallest absolute Gasteiger partial charge is 0.251 e. The van der Waals surface area contributed by atoms with Crippen LogP contribution in [0.4, 0.5) is 0 Å². The molecule has 0 radical (unpaired) electrons. The summed E-state index contributed by atoms with van der Waals surface area (Å²) in [5, 5.41) is 11.9. The van der Waals surface area contributed by atoms with E-state index >= 15 is 0 Å². The minimum absolute atomic E-state index is 0.0431. The summed E-state index contributed by atoms with van der Waals surface area (Å²) in [5.74, 6) is -0.202. The molecule has 1 aromatic carbocycles. The van der Waals surface area contributed by atoms with Gasteiger partial charge in [-0.15, -0.1) is 11.6 Å². The summed E-state index contributed by atoms with van der Waals surface area (Å²) >= 11 is 8.83. The first-order valence-electron chi connectivity index (χ1n) is 4.41. The van der Waals surface area contributed by atoms with Gasteiger partial charge in [-0.3, -0.25) is 4.79 Å². The Labute approximate surface area is 102 Å². The van der Waals surface area contributed by atoms with Gasteiger partial charge < -0.3 is 10.4 Å². The van der Waals surface area contributed by atoms with Gasteiger partial charge in [0, 0.05) is 17.5 Å². The van der Waals surface area contributed by atoms with Crippen molar-refractivity contribution in [2.75, 3.05) is 6.54 Å². The Hall–Kier alpha value is -0.740. The molecule has 0 aliphatic rings. The molecule has 2 N–H and O–H groups in total. The van der Waals surface area contributed by atoms with Crippen LogP contribution in [0, 0.1) is 0 Å².